The van der Waals surface area contributed by atoms with Crippen LogP contribution in [0.3, 0.4) is 0 Å². The Morgan fingerprint density at radius 3 is 1.97 bits per heavy atom. The Morgan fingerprint density at radius 1 is 0.839 bits per heavy atom. The number of ether oxygens (including phenoxy) is 2. The lowest BCUT2D eigenvalue weighted by Gasteiger charge is -2.19. The number of nitrogens with zero attached hydrogens (tertiary/aromatic N) is 2. The molecule has 0 fully saturated rings. The number of aromatic nitrogens is 2. The molecule has 0 spiro atoms. The molecule has 6 nitrogen and oxygen atoms in total. The van der Waals surface area contributed by atoms with Crippen LogP contribution in [-0.4, -0.2) is 23.3 Å². The molecule has 0 bridgehead atoms. The fourth-order valence-electron chi connectivity index (χ4n) is 3.30. The van der Waals surface area contributed by atoms with Gasteiger partial charge >= 0.3 is 5.97 Å². The summed E-state index contributed by atoms with van der Waals surface area (Å²) in [5.74, 6) is 0.392. The van der Waals surface area contributed by atoms with Crippen molar-refractivity contribution in [1.82, 2.24) is 10.2 Å². The van der Waals surface area contributed by atoms with Gasteiger partial charge in [0.1, 0.15) is 11.7 Å². The molecule has 4 aromatic rings. The second-order valence-corrected chi connectivity index (χ2v) is 7.01. The number of methoxy groups -OCH3 is 1. The third-order valence-corrected chi connectivity index (χ3v) is 4.92. The number of carbonyl (C=O) groups excluding carboxylic acids is 1. The van der Waals surface area contributed by atoms with E-state index in [0.717, 1.165) is 22.4 Å². The molecule has 0 unspecified atom stereocenters. The van der Waals surface area contributed by atoms with Crippen LogP contribution in [0.2, 0.25) is 0 Å². The summed E-state index contributed by atoms with van der Waals surface area (Å²) in [4.78, 5) is 13.1. The maximum absolute atomic E-state index is 13.1. The summed E-state index contributed by atoms with van der Waals surface area (Å²) in [5.41, 5.74) is 2.47. The van der Waals surface area contributed by atoms with Crippen LogP contribution in [0.4, 0.5) is 0 Å². The van der Waals surface area contributed by atoms with E-state index < -0.39 is 12.0 Å². The first-order valence-electron chi connectivity index (χ1n) is 9.94. The third-order valence-electron chi connectivity index (χ3n) is 4.92. The maximum atomic E-state index is 13.1. The highest BCUT2D eigenvalue weighted by atomic mass is 16.6. The van der Waals surface area contributed by atoms with Gasteiger partial charge < -0.3 is 13.9 Å². The summed E-state index contributed by atoms with van der Waals surface area (Å²) in [5, 5.41) is 8.15. The molecule has 3 aromatic carbocycles. The van der Waals surface area contributed by atoms with Gasteiger partial charge in [-0.1, -0.05) is 60.7 Å². The second-order valence-electron chi connectivity index (χ2n) is 7.01. The van der Waals surface area contributed by atoms with Crippen LogP contribution in [0.25, 0.3) is 11.5 Å². The number of benzene rings is 3. The Bertz CT molecular complexity index is 1090. The molecule has 0 saturated carbocycles. The van der Waals surface area contributed by atoms with Crippen molar-refractivity contribution in [3.63, 3.8) is 0 Å². The first kappa shape index (κ1) is 20.3. The molecular formula is C25H22N2O4. The molecule has 0 aliphatic rings. The van der Waals surface area contributed by atoms with Gasteiger partial charge in [-0.25, -0.2) is 0 Å². The number of carbonyl (C=O) groups is 1. The summed E-state index contributed by atoms with van der Waals surface area (Å²) < 4.78 is 16.7. The molecule has 0 amide bonds. The van der Waals surface area contributed by atoms with Crippen molar-refractivity contribution in [2.75, 3.05) is 7.11 Å². The van der Waals surface area contributed by atoms with Crippen LogP contribution in [0.15, 0.2) is 89.3 Å². The summed E-state index contributed by atoms with van der Waals surface area (Å²) in [6, 6.07) is 26.4. The van der Waals surface area contributed by atoms with Crippen molar-refractivity contribution in [3.8, 4) is 17.2 Å². The highest BCUT2D eigenvalue weighted by Crippen LogP contribution is 2.29. The largest absolute Gasteiger partial charge is 0.497 e. The number of esters is 1. The minimum atomic E-state index is -0.693. The minimum Gasteiger partial charge on any atom is -0.497 e. The van der Waals surface area contributed by atoms with Crippen molar-refractivity contribution < 1.29 is 18.7 Å². The zero-order valence-electron chi connectivity index (χ0n) is 17.3. The lowest BCUT2D eigenvalue weighted by molar-refractivity contribution is -0.150. The van der Waals surface area contributed by atoms with Crippen molar-refractivity contribution in [2.45, 2.75) is 18.9 Å². The minimum absolute atomic E-state index is 0.235. The average Bonchev–Trinajstić information content (AvgIpc) is 3.31. The lowest BCUT2D eigenvalue weighted by atomic mass is 9.91. The van der Waals surface area contributed by atoms with Crippen molar-refractivity contribution in [1.29, 1.82) is 0 Å². The van der Waals surface area contributed by atoms with Gasteiger partial charge in [0.15, 0.2) is 6.10 Å². The Balaban J connectivity index is 1.53. The van der Waals surface area contributed by atoms with Crippen LogP contribution >= 0.6 is 0 Å². The zero-order valence-corrected chi connectivity index (χ0v) is 17.3. The second kappa shape index (κ2) is 9.26. The molecule has 6 heteroatoms. The predicted octanol–water partition coefficient (Wildman–Crippen LogP) is 5.18. The van der Waals surface area contributed by atoms with Gasteiger partial charge in [0.05, 0.1) is 7.11 Å². The maximum Gasteiger partial charge on any atom is 0.318 e. The molecule has 0 N–H and O–H groups in total. The predicted molar refractivity (Wildman–Crippen MR) is 116 cm³/mol. The van der Waals surface area contributed by atoms with Gasteiger partial charge in [0.25, 0.3) is 5.89 Å². The highest BCUT2D eigenvalue weighted by molar-refractivity contribution is 5.82. The third kappa shape index (κ3) is 4.64. The van der Waals surface area contributed by atoms with Crippen LogP contribution < -0.4 is 4.74 Å². The van der Waals surface area contributed by atoms with E-state index in [-0.39, 0.29) is 11.9 Å². The normalized spacial score (nSPS) is 11.8. The molecule has 156 valence electrons. The lowest BCUT2D eigenvalue weighted by Crippen LogP contribution is -2.19. The molecule has 31 heavy (non-hydrogen) atoms. The molecule has 4 rings (SSSR count). The Hall–Kier alpha value is -3.93. The van der Waals surface area contributed by atoms with E-state index in [1.165, 1.54) is 0 Å². The number of rotatable bonds is 7. The van der Waals surface area contributed by atoms with E-state index in [1.807, 2.05) is 84.9 Å². The average molecular weight is 414 g/mol. The van der Waals surface area contributed by atoms with Crippen molar-refractivity contribution >= 4 is 5.97 Å². The standard InChI is InChI=1S/C25H22N2O4/c1-17(23-26-27-24(31-23)20-13-15-21(29-2)16-14-20)30-25(28)22(18-9-5-3-6-10-18)19-11-7-4-8-12-19/h3-17,22H,1-2H3/t17-/m0/s1. The Morgan fingerprint density at radius 2 is 1.42 bits per heavy atom. The van der Waals surface area contributed by atoms with Crippen LogP contribution in [-0.2, 0) is 9.53 Å². The van der Waals surface area contributed by atoms with Gasteiger partial charge in [0.2, 0.25) is 5.89 Å². The molecule has 1 atom stereocenters. The zero-order chi connectivity index (χ0) is 21.6. The summed E-state index contributed by atoms with van der Waals surface area (Å²) >= 11 is 0. The summed E-state index contributed by atoms with van der Waals surface area (Å²) in [6.45, 7) is 1.72. The molecule has 1 aromatic heterocycles. The van der Waals surface area contributed by atoms with Gasteiger partial charge in [-0.2, -0.15) is 0 Å². The molecular weight excluding hydrogens is 392 g/mol. The van der Waals surface area contributed by atoms with Gasteiger partial charge in [0, 0.05) is 5.56 Å². The Labute approximate surface area is 180 Å². The number of hydrogen-bond acceptors (Lipinski definition) is 6. The van der Waals surface area contributed by atoms with E-state index in [2.05, 4.69) is 10.2 Å². The van der Waals surface area contributed by atoms with Gasteiger partial charge in [-0.15, -0.1) is 10.2 Å². The van der Waals surface area contributed by atoms with E-state index in [1.54, 1.807) is 14.0 Å². The van der Waals surface area contributed by atoms with Crippen LogP contribution in [0, 0.1) is 0 Å². The first-order chi connectivity index (χ1) is 15.2. The quantitative estimate of drug-likeness (QED) is 0.388. The van der Waals surface area contributed by atoms with E-state index >= 15 is 0 Å². The SMILES string of the molecule is COc1ccc(-c2nnc([C@H](C)OC(=O)C(c3ccccc3)c3ccccc3)o2)cc1. The fourth-order valence-corrected chi connectivity index (χ4v) is 3.30. The van der Waals surface area contributed by atoms with Gasteiger partial charge in [-0.05, 0) is 42.3 Å². The van der Waals surface area contributed by atoms with E-state index in [4.69, 9.17) is 13.9 Å². The van der Waals surface area contributed by atoms with Crippen LogP contribution in [0.5, 0.6) is 5.75 Å². The molecule has 0 saturated heterocycles. The van der Waals surface area contributed by atoms with Gasteiger partial charge in [-0.3, -0.25) is 4.79 Å². The Kier molecular flexibility index (Phi) is 6.08. The molecule has 0 aliphatic carbocycles. The van der Waals surface area contributed by atoms with Crippen molar-refractivity contribution in [2.24, 2.45) is 0 Å². The summed E-state index contributed by atoms with van der Waals surface area (Å²) in [6.07, 6.45) is -0.693. The molecule has 0 aliphatic heterocycles. The number of hydrogen-bond donors (Lipinski definition) is 0. The highest BCUT2D eigenvalue weighted by Gasteiger charge is 2.28. The first-order valence-corrected chi connectivity index (χ1v) is 9.94. The fraction of sp³-hybridized carbons (Fsp3) is 0.160. The van der Waals surface area contributed by atoms with E-state index in [9.17, 15) is 4.79 Å². The topological polar surface area (TPSA) is 74.5 Å². The van der Waals surface area contributed by atoms with E-state index in [0.29, 0.717) is 5.89 Å². The summed E-state index contributed by atoms with van der Waals surface area (Å²) in [7, 11) is 1.61. The molecule has 1 heterocycles. The monoisotopic (exact) mass is 414 g/mol. The smallest absolute Gasteiger partial charge is 0.318 e. The van der Waals surface area contributed by atoms with Crippen LogP contribution in [0.1, 0.15) is 36.0 Å². The van der Waals surface area contributed by atoms with Crippen molar-refractivity contribution in [3.05, 3.63) is 102 Å². The molecule has 0 radical (unpaired) electrons.